The molecule has 0 bridgehead atoms. The first kappa shape index (κ1) is 24.1. The number of amides is 1. The van der Waals surface area contributed by atoms with E-state index in [1.807, 2.05) is 49.4 Å². The van der Waals surface area contributed by atoms with Crippen molar-refractivity contribution in [1.82, 2.24) is 10.3 Å². The van der Waals surface area contributed by atoms with Crippen molar-refractivity contribution >= 4 is 23.2 Å². The third-order valence-corrected chi connectivity index (χ3v) is 5.69. The van der Waals surface area contributed by atoms with E-state index in [9.17, 15) is 10.1 Å². The van der Waals surface area contributed by atoms with E-state index in [1.165, 1.54) is 6.20 Å². The summed E-state index contributed by atoms with van der Waals surface area (Å²) in [4.78, 5) is 17.3. The van der Waals surface area contributed by atoms with Gasteiger partial charge in [0.05, 0.1) is 23.5 Å². The molecular weight excluding hydrogens is 436 g/mol. The van der Waals surface area contributed by atoms with Crippen molar-refractivity contribution in [3.63, 3.8) is 0 Å². The zero-order valence-corrected chi connectivity index (χ0v) is 19.6. The molecule has 7 heteroatoms. The molecule has 0 spiro atoms. The van der Waals surface area contributed by atoms with E-state index in [0.717, 1.165) is 11.1 Å². The van der Waals surface area contributed by atoms with Crippen LogP contribution in [0.5, 0.6) is 5.88 Å². The lowest BCUT2D eigenvalue weighted by Gasteiger charge is -2.30. The van der Waals surface area contributed by atoms with E-state index < -0.39 is 5.60 Å². The Morgan fingerprint density at radius 1 is 1.21 bits per heavy atom. The van der Waals surface area contributed by atoms with Crippen molar-refractivity contribution in [3.8, 4) is 11.9 Å². The molecule has 0 saturated carbocycles. The van der Waals surface area contributed by atoms with Crippen molar-refractivity contribution in [2.45, 2.75) is 44.8 Å². The lowest BCUT2D eigenvalue weighted by Crippen LogP contribution is -2.51. The van der Waals surface area contributed by atoms with E-state index in [4.69, 9.17) is 22.1 Å². The van der Waals surface area contributed by atoms with Crippen LogP contribution in [-0.2, 0) is 11.2 Å². The van der Waals surface area contributed by atoms with Crippen molar-refractivity contribution in [3.05, 3.63) is 88.6 Å². The number of hydrogen-bond donors (Lipinski definition) is 2. The van der Waals surface area contributed by atoms with Crippen molar-refractivity contribution in [2.75, 3.05) is 5.73 Å². The Morgan fingerprint density at radius 2 is 1.94 bits per heavy atom. The number of aromatic nitrogens is 1. The number of anilines is 1. The first-order chi connectivity index (χ1) is 15.7. The molecule has 2 aromatic carbocycles. The number of nitrogens with zero attached hydrogens (tertiary/aromatic N) is 2. The van der Waals surface area contributed by atoms with E-state index in [1.54, 1.807) is 32.0 Å². The lowest BCUT2D eigenvalue weighted by atomic mass is 9.85. The van der Waals surface area contributed by atoms with E-state index in [-0.39, 0.29) is 17.9 Å². The molecule has 1 aromatic heterocycles. The SMILES string of the molecule is CC(NC(=O)C(C)(C)Oc1ccc(N)cn1)C(Cc1ccc(Cl)cc1)c1cccc(C#N)c1. The quantitative estimate of drug-likeness (QED) is 0.497. The Hall–Kier alpha value is -3.56. The topological polar surface area (TPSA) is 101 Å². The molecule has 0 saturated heterocycles. The van der Waals surface area contributed by atoms with Gasteiger partial charge in [0.2, 0.25) is 5.88 Å². The number of rotatable bonds is 8. The number of ether oxygens (including phenoxy) is 1. The Labute approximate surface area is 199 Å². The Kier molecular flexibility index (Phi) is 7.57. The fourth-order valence-corrected chi connectivity index (χ4v) is 3.66. The number of nitrogens with one attached hydrogen (secondary N) is 1. The third-order valence-electron chi connectivity index (χ3n) is 5.44. The second-order valence-electron chi connectivity index (χ2n) is 8.48. The van der Waals surface area contributed by atoms with Crippen LogP contribution in [0.2, 0.25) is 5.02 Å². The van der Waals surface area contributed by atoms with Crippen molar-refractivity contribution in [2.24, 2.45) is 0 Å². The van der Waals surface area contributed by atoms with Crippen molar-refractivity contribution in [1.29, 1.82) is 5.26 Å². The van der Waals surface area contributed by atoms with Gasteiger partial charge in [-0.2, -0.15) is 5.26 Å². The molecule has 0 aliphatic rings. The van der Waals surface area contributed by atoms with E-state index in [2.05, 4.69) is 16.4 Å². The minimum Gasteiger partial charge on any atom is -0.462 e. The van der Waals surface area contributed by atoms with Gasteiger partial charge >= 0.3 is 0 Å². The highest BCUT2D eigenvalue weighted by Gasteiger charge is 2.33. The van der Waals surface area contributed by atoms with Crippen LogP contribution in [0.4, 0.5) is 5.69 Å². The standard InChI is InChI=1S/C26H27ClN4O2/c1-17(31-25(32)26(2,3)33-24-12-11-22(29)16-30-24)23(14-18-7-9-21(27)10-8-18)20-6-4-5-19(13-20)15-28/h4-13,16-17,23H,14,29H2,1-3H3,(H,31,32). The number of carbonyl (C=O) groups excluding carboxylic acids is 1. The number of benzene rings is 2. The van der Waals surface area contributed by atoms with Crippen LogP contribution in [0.3, 0.4) is 0 Å². The molecule has 6 nitrogen and oxygen atoms in total. The molecule has 3 rings (SSSR count). The summed E-state index contributed by atoms with van der Waals surface area (Å²) in [6.45, 7) is 5.34. The molecule has 2 unspecified atom stereocenters. The maximum Gasteiger partial charge on any atom is 0.263 e. The van der Waals surface area contributed by atoms with Gasteiger partial charge in [0, 0.05) is 23.0 Å². The summed E-state index contributed by atoms with van der Waals surface area (Å²) in [6, 6.07) is 20.3. The van der Waals surface area contributed by atoms with Gasteiger partial charge in [0.15, 0.2) is 5.60 Å². The number of halogens is 1. The van der Waals surface area contributed by atoms with E-state index in [0.29, 0.717) is 28.6 Å². The molecular formula is C26H27ClN4O2. The highest BCUT2D eigenvalue weighted by molar-refractivity contribution is 6.30. The number of nitrogen functional groups attached to an aromatic ring is 1. The first-order valence-corrected chi connectivity index (χ1v) is 11.0. The second-order valence-corrected chi connectivity index (χ2v) is 8.92. The molecule has 1 heterocycles. The predicted molar refractivity (Wildman–Crippen MR) is 130 cm³/mol. The lowest BCUT2D eigenvalue weighted by molar-refractivity contribution is -0.135. The molecule has 33 heavy (non-hydrogen) atoms. The summed E-state index contributed by atoms with van der Waals surface area (Å²) in [6.07, 6.45) is 2.14. The fraction of sp³-hybridized carbons (Fsp3) is 0.269. The molecule has 0 fully saturated rings. The van der Waals surface area contributed by atoms with Gasteiger partial charge in [-0.3, -0.25) is 4.79 Å². The summed E-state index contributed by atoms with van der Waals surface area (Å²) in [5.41, 5.74) is 7.65. The summed E-state index contributed by atoms with van der Waals surface area (Å²) in [5.74, 6) is -0.0310. The molecule has 1 amide bonds. The molecule has 2 atom stereocenters. The summed E-state index contributed by atoms with van der Waals surface area (Å²) in [7, 11) is 0. The normalized spacial score (nSPS) is 12.9. The predicted octanol–water partition coefficient (Wildman–Crippen LogP) is 4.88. The molecule has 170 valence electrons. The Balaban J connectivity index is 1.81. The van der Waals surface area contributed by atoms with Gasteiger partial charge in [0.25, 0.3) is 5.91 Å². The second kappa shape index (κ2) is 10.4. The van der Waals surface area contributed by atoms with E-state index >= 15 is 0 Å². The van der Waals surface area contributed by atoms with Crippen LogP contribution in [0.25, 0.3) is 0 Å². The maximum absolute atomic E-state index is 13.1. The third kappa shape index (κ3) is 6.47. The zero-order chi connectivity index (χ0) is 24.0. The van der Waals surface area contributed by atoms with Gasteiger partial charge in [-0.15, -0.1) is 0 Å². The Morgan fingerprint density at radius 3 is 2.58 bits per heavy atom. The minimum absolute atomic E-state index is 0.0751. The molecule has 3 N–H and O–H groups in total. The smallest absolute Gasteiger partial charge is 0.263 e. The number of hydrogen-bond acceptors (Lipinski definition) is 5. The van der Waals surface area contributed by atoms with Gasteiger partial charge < -0.3 is 15.8 Å². The Bertz CT molecular complexity index is 1140. The van der Waals surface area contributed by atoms with Crippen LogP contribution in [0.1, 0.15) is 43.4 Å². The fourth-order valence-electron chi connectivity index (χ4n) is 3.54. The van der Waals surface area contributed by atoms with Gasteiger partial charge in [-0.05, 0) is 68.7 Å². The highest BCUT2D eigenvalue weighted by Crippen LogP contribution is 2.27. The minimum atomic E-state index is -1.16. The first-order valence-electron chi connectivity index (χ1n) is 10.6. The monoisotopic (exact) mass is 462 g/mol. The number of nitrogens with two attached hydrogens (primary N) is 1. The highest BCUT2D eigenvalue weighted by atomic mass is 35.5. The summed E-state index contributed by atoms with van der Waals surface area (Å²) >= 11 is 6.04. The maximum atomic E-state index is 13.1. The molecule has 3 aromatic rings. The largest absolute Gasteiger partial charge is 0.462 e. The summed E-state index contributed by atoms with van der Waals surface area (Å²) < 4.78 is 5.84. The van der Waals surface area contributed by atoms with Crippen molar-refractivity contribution < 1.29 is 9.53 Å². The van der Waals surface area contributed by atoms with Gasteiger partial charge in [-0.25, -0.2) is 4.98 Å². The number of carbonyl (C=O) groups is 1. The van der Waals surface area contributed by atoms with Crippen LogP contribution in [-0.4, -0.2) is 22.5 Å². The molecule has 0 radical (unpaired) electrons. The zero-order valence-electron chi connectivity index (χ0n) is 18.9. The summed E-state index contributed by atoms with van der Waals surface area (Å²) in [5, 5.41) is 13.1. The molecule has 0 aliphatic heterocycles. The van der Waals surface area contributed by atoms with Crippen LogP contribution >= 0.6 is 11.6 Å². The number of nitriles is 1. The van der Waals surface area contributed by atoms with Crippen LogP contribution in [0.15, 0.2) is 66.9 Å². The molecule has 0 aliphatic carbocycles. The van der Waals surface area contributed by atoms with Crippen LogP contribution < -0.4 is 15.8 Å². The average Bonchev–Trinajstić information content (AvgIpc) is 2.80. The van der Waals surface area contributed by atoms with Gasteiger partial charge in [0.1, 0.15) is 0 Å². The average molecular weight is 463 g/mol. The number of pyridine rings is 1. The van der Waals surface area contributed by atoms with Gasteiger partial charge in [-0.1, -0.05) is 35.9 Å². The van der Waals surface area contributed by atoms with Crippen LogP contribution in [0, 0.1) is 11.3 Å².